The SMILES string of the molecule is O=C(CN1CCCC1CN1CCCC1)c1c(-c2ccccc2)[nH]c2ccccc12. The highest BCUT2D eigenvalue weighted by atomic mass is 16.1. The number of likely N-dealkylation sites (tertiary alicyclic amines) is 2. The van der Waals surface area contributed by atoms with E-state index in [1.807, 2.05) is 30.3 Å². The Hall–Kier alpha value is -2.43. The molecule has 1 N–H and O–H groups in total. The molecule has 3 aromatic rings. The minimum absolute atomic E-state index is 0.231. The number of H-pyrrole nitrogens is 1. The molecule has 1 unspecified atom stereocenters. The van der Waals surface area contributed by atoms with Crippen molar-refractivity contribution in [2.45, 2.75) is 31.7 Å². The molecule has 150 valence electrons. The number of Topliss-reactive ketones (excluding diaryl/α,β-unsaturated/α-hetero) is 1. The number of rotatable bonds is 6. The van der Waals surface area contributed by atoms with Crippen molar-refractivity contribution in [2.24, 2.45) is 0 Å². The predicted molar refractivity (Wildman–Crippen MR) is 118 cm³/mol. The van der Waals surface area contributed by atoms with Crippen molar-refractivity contribution >= 4 is 16.7 Å². The minimum Gasteiger partial charge on any atom is -0.354 e. The van der Waals surface area contributed by atoms with Crippen LogP contribution in [0, 0.1) is 0 Å². The lowest BCUT2D eigenvalue weighted by molar-refractivity contribution is 0.0908. The number of carbonyl (C=O) groups is 1. The Kier molecular flexibility index (Phi) is 5.21. The van der Waals surface area contributed by atoms with Crippen molar-refractivity contribution in [3.8, 4) is 11.3 Å². The van der Waals surface area contributed by atoms with Crippen LogP contribution >= 0.6 is 0 Å². The molecular weight excluding hydrogens is 358 g/mol. The van der Waals surface area contributed by atoms with Crippen molar-refractivity contribution in [3.63, 3.8) is 0 Å². The van der Waals surface area contributed by atoms with E-state index < -0.39 is 0 Å². The zero-order valence-corrected chi connectivity index (χ0v) is 16.9. The van der Waals surface area contributed by atoms with E-state index in [1.165, 1.54) is 38.8 Å². The Labute approximate surface area is 172 Å². The van der Waals surface area contributed by atoms with Crippen LogP contribution in [0.5, 0.6) is 0 Å². The van der Waals surface area contributed by atoms with Gasteiger partial charge < -0.3 is 9.88 Å². The van der Waals surface area contributed by atoms with Gasteiger partial charge in [0.15, 0.2) is 5.78 Å². The average Bonchev–Trinajstić information content (AvgIpc) is 3.49. The minimum atomic E-state index is 0.231. The maximum absolute atomic E-state index is 13.6. The van der Waals surface area contributed by atoms with Gasteiger partial charge in [0.2, 0.25) is 0 Å². The number of hydrogen-bond donors (Lipinski definition) is 1. The summed E-state index contributed by atoms with van der Waals surface area (Å²) in [6.07, 6.45) is 5.05. The molecule has 0 bridgehead atoms. The van der Waals surface area contributed by atoms with Crippen molar-refractivity contribution in [2.75, 3.05) is 32.7 Å². The molecule has 5 rings (SSSR count). The van der Waals surface area contributed by atoms with Gasteiger partial charge in [-0.15, -0.1) is 0 Å². The number of aromatic nitrogens is 1. The normalized spacial score (nSPS) is 20.6. The molecule has 0 aliphatic carbocycles. The topological polar surface area (TPSA) is 39.3 Å². The van der Waals surface area contributed by atoms with E-state index in [1.54, 1.807) is 0 Å². The second kappa shape index (κ2) is 8.13. The van der Waals surface area contributed by atoms with Gasteiger partial charge in [0.1, 0.15) is 0 Å². The maximum atomic E-state index is 13.6. The Morgan fingerprint density at radius 3 is 2.52 bits per heavy atom. The van der Waals surface area contributed by atoms with E-state index >= 15 is 0 Å². The van der Waals surface area contributed by atoms with Crippen molar-refractivity contribution in [3.05, 3.63) is 60.2 Å². The number of nitrogens with zero attached hydrogens (tertiary/aromatic N) is 2. The summed E-state index contributed by atoms with van der Waals surface area (Å²) in [4.78, 5) is 22.1. The molecule has 4 heteroatoms. The highest BCUT2D eigenvalue weighted by molar-refractivity contribution is 6.14. The van der Waals surface area contributed by atoms with Gasteiger partial charge in [0.25, 0.3) is 0 Å². The zero-order chi connectivity index (χ0) is 19.6. The summed E-state index contributed by atoms with van der Waals surface area (Å²) in [6.45, 7) is 5.11. The Bertz CT molecular complexity index is 988. The van der Waals surface area contributed by atoms with Crippen molar-refractivity contribution in [1.29, 1.82) is 0 Å². The summed E-state index contributed by atoms with van der Waals surface area (Å²) in [7, 11) is 0. The molecule has 2 aliphatic rings. The van der Waals surface area contributed by atoms with E-state index in [2.05, 4.69) is 39.0 Å². The van der Waals surface area contributed by atoms with E-state index in [-0.39, 0.29) is 5.78 Å². The maximum Gasteiger partial charge on any atom is 0.179 e. The van der Waals surface area contributed by atoms with E-state index in [9.17, 15) is 4.79 Å². The number of fused-ring (bicyclic) bond motifs is 1. The smallest absolute Gasteiger partial charge is 0.179 e. The van der Waals surface area contributed by atoms with Crippen LogP contribution in [-0.4, -0.2) is 59.3 Å². The van der Waals surface area contributed by atoms with E-state index in [0.717, 1.165) is 40.8 Å². The first-order valence-electron chi connectivity index (χ1n) is 11.0. The number of hydrogen-bond acceptors (Lipinski definition) is 3. The third-order valence-electron chi connectivity index (χ3n) is 6.56. The molecular formula is C25H29N3O. The van der Waals surface area contributed by atoms with Gasteiger partial charge in [-0.3, -0.25) is 9.69 Å². The third-order valence-corrected chi connectivity index (χ3v) is 6.56. The fraction of sp³-hybridized carbons (Fsp3) is 0.400. The first kappa shape index (κ1) is 18.6. The molecule has 1 atom stereocenters. The van der Waals surface area contributed by atoms with Crippen LogP contribution in [0.25, 0.3) is 22.2 Å². The van der Waals surface area contributed by atoms with Crippen molar-refractivity contribution in [1.82, 2.24) is 14.8 Å². The van der Waals surface area contributed by atoms with Crippen LogP contribution in [0.1, 0.15) is 36.0 Å². The standard InChI is InChI=1S/C25H29N3O/c29-23(18-28-16-8-11-20(28)17-27-14-6-7-15-27)24-21-12-4-5-13-22(21)26-25(24)19-9-2-1-3-10-19/h1-5,9-10,12-13,20,26H,6-8,11,14-18H2. The molecule has 0 radical (unpaired) electrons. The molecule has 2 aromatic carbocycles. The van der Waals surface area contributed by atoms with E-state index in [0.29, 0.717) is 12.6 Å². The number of nitrogens with one attached hydrogen (secondary N) is 1. The molecule has 0 saturated carbocycles. The summed E-state index contributed by atoms with van der Waals surface area (Å²) in [6, 6.07) is 18.9. The first-order valence-corrected chi connectivity index (χ1v) is 11.0. The number of aromatic amines is 1. The van der Waals surface area contributed by atoms with Crippen molar-refractivity contribution < 1.29 is 4.79 Å². The molecule has 2 fully saturated rings. The van der Waals surface area contributed by atoms with Crippen LogP contribution < -0.4 is 0 Å². The number of carbonyl (C=O) groups excluding carboxylic acids is 1. The lowest BCUT2D eigenvalue weighted by atomic mass is 10.0. The second-order valence-electron chi connectivity index (χ2n) is 8.48. The van der Waals surface area contributed by atoms with Crippen LogP contribution in [0.4, 0.5) is 0 Å². The fourth-order valence-corrected chi connectivity index (χ4v) is 5.09. The summed E-state index contributed by atoms with van der Waals surface area (Å²) in [5.41, 5.74) is 3.90. The summed E-state index contributed by atoms with van der Waals surface area (Å²) >= 11 is 0. The van der Waals surface area contributed by atoms with Gasteiger partial charge in [-0.05, 0) is 56.9 Å². The highest BCUT2D eigenvalue weighted by Gasteiger charge is 2.30. The van der Waals surface area contributed by atoms with Crippen LogP contribution in [0.15, 0.2) is 54.6 Å². The zero-order valence-electron chi connectivity index (χ0n) is 16.9. The van der Waals surface area contributed by atoms with E-state index in [4.69, 9.17) is 0 Å². The van der Waals surface area contributed by atoms with Gasteiger partial charge in [0, 0.05) is 23.5 Å². The van der Waals surface area contributed by atoms with Crippen LogP contribution in [0.2, 0.25) is 0 Å². The average molecular weight is 388 g/mol. The predicted octanol–water partition coefficient (Wildman–Crippen LogP) is 4.58. The Morgan fingerprint density at radius 2 is 1.69 bits per heavy atom. The molecule has 0 spiro atoms. The molecule has 0 amide bonds. The molecule has 2 saturated heterocycles. The number of para-hydroxylation sites is 1. The van der Waals surface area contributed by atoms with Gasteiger partial charge in [0.05, 0.1) is 17.8 Å². The molecule has 29 heavy (non-hydrogen) atoms. The first-order chi connectivity index (χ1) is 14.3. The van der Waals surface area contributed by atoms with Gasteiger partial charge in [-0.25, -0.2) is 0 Å². The largest absolute Gasteiger partial charge is 0.354 e. The quantitative estimate of drug-likeness (QED) is 0.630. The fourth-order valence-electron chi connectivity index (χ4n) is 5.09. The summed E-state index contributed by atoms with van der Waals surface area (Å²) < 4.78 is 0. The monoisotopic (exact) mass is 387 g/mol. The number of benzene rings is 2. The molecule has 2 aliphatic heterocycles. The van der Waals surface area contributed by atoms with Crippen LogP contribution in [0.3, 0.4) is 0 Å². The van der Waals surface area contributed by atoms with Gasteiger partial charge in [-0.2, -0.15) is 0 Å². The molecule has 1 aromatic heterocycles. The summed E-state index contributed by atoms with van der Waals surface area (Å²) in [5, 5.41) is 1.03. The lowest BCUT2D eigenvalue weighted by Gasteiger charge is -2.28. The highest BCUT2D eigenvalue weighted by Crippen LogP contribution is 2.31. The van der Waals surface area contributed by atoms with Crippen LogP contribution in [-0.2, 0) is 0 Å². The third kappa shape index (κ3) is 3.75. The summed E-state index contributed by atoms with van der Waals surface area (Å²) in [5.74, 6) is 0.231. The Morgan fingerprint density at radius 1 is 0.931 bits per heavy atom. The number of ketones is 1. The Balaban J connectivity index is 1.43. The molecule has 3 heterocycles. The lowest BCUT2D eigenvalue weighted by Crippen LogP contribution is -2.41. The second-order valence-corrected chi connectivity index (χ2v) is 8.48. The molecule has 4 nitrogen and oxygen atoms in total. The van der Waals surface area contributed by atoms with Gasteiger partial charge in [-0.1, -0.05) is 48.5 Å². The van der Waals surface area contributed by atoms with Gasteiger partial charge >= 0.3 is 0 Å².